The molecule has 3 rings (SSSR count). The zero-order valence-corrected chi connectivity index (χ0v) is 10.00. The smallest absolute Gasteiger partial charge is 0.226 e. The topological polar surface area (TPSA) is 17.1 Å². The maximum Gasteiger partial charge on any atom is 0.226 e. The van der Waals surface area contributed by atoms with Crippen molar-refractivity contribution >= 4 is 16.8 Å². The molecule has 84 valence electrons. The van der Waals surface area contributed by atoms with Gasteiger partial charge in [0.25, 0.3) is 0 Å². The second-order valence-corrected chi connectivity index (χ2v) is 4.73. The highest BCUT2D eigenvalue weighted by molar-refractivity contribution is 6.63. The summed E-state index contributed by atoms with van der Waals surface area (Å²) >= 11 is 5.49. The number of hydrogen-bond donors (Lipinski definition) is 0. The van der Waals surface area contributed by atoms with Crippen molar-refractivity contribution in [3.63, 3.8) is 0 Å². The number of hydrogen-bond acceptors (Lipinski definition) is 1. The molecule has 17 heavy (non-hydrogen) atoms. The molecule has 0 saturated carbocycles. The normalized spacial score (nSPS) is 12.1. The first-order chi connectivity index (χ1) is 8.25. The fraction of sp³-hybridized carbons (Fsp3) is 0.133. The fourth-order valence-electron chi connectivity index (χ4n) is 2.54. The van der Waals surface area contributed by atoms with Gasteiger partial charge >= 0.3 is 0 Å². The van der Waals surface area contributed by atoms with Gasteiger partial charge in [0.2, 0.25) is 5.24 Å². The molecule has 0 heterocycles. The van der Waals surface area contributed by atoms with Crippen LogP contribution in [0.15, 0.2) is 42.5 Å². The van der Waals surface area contributed by atoms with Crippen molar-refractivity contribution in [3.8, 4) is 11.1 Å². The monoisotopic (exact) mass is 242 g/mol. The van der Waals surface area contributed by atoms with E-state index >= 15 is 0 Å². The van der Waals surface area contributed by atoms with E-state index in [9.17, 15) is 4.79 Å². The van der Waals surface area contributed by atoms with Gasteiger partial charge in [0.1, 0.15) is 0 Å². The van der Waals surface area contributed by atoms with Crippen molar-refractivity contribution in [3.05, 3.63) is 59.2 Å². The van der Waals surface area contributed by atoms with Crippen molar-refractivity contribution in [2.45, 2.75) is 12.8 Å². The molecule has 1 aliphatic carbocycles. The molecule has 1 aliphatic rings. The van der Waals surface area contributed by atoms with Gasteiger partial charge < -0.3 is 0 Å². The maximum atomic E-state index is 11.1. The van der Waals surface area contributed by atoms with Crippen LogP contribution in [0.3, 0.4) is 0 Å². The molecule has 0 bridgehead atoms. The van der Waals surface area contributed by atoms with E-state index in [1.165, 1.54) is 22.3 Å². The molecule has 1 nitrogen and oxygen atoms in total. The summed E-state index contributed by atoms with van der Waals surface area (Å²) in [6, 6.07) is 14.5. The van der Waals surface area contributed by atoms with E-state index < -0.39 is 0 Å². The predicted molar refractivity (Wildman–Crippen MR) is 69.2 cm³/mol. The molecule has 2 aromatic carbocycles. The SMILES string of the molecule is O=C(Cl)Cc1cccc2c1Cc1ccccc1-2. The first kappa shape index (κ1) is 10.5. The van der Waals surface area contributed by atoms with Crippen LogP contribution in [-0.2, 0) is 17.6 Å². The van der Waals surface area contributed by atoms with Crippen LogP contribution in [-0.4, -0.2) is 5.24 Å². The summed E-state index contributed by atoms with van der Waals surface area (Å²) in [5.41, 5.74) is 6.17. The molecule has 0 aliphatic heterocycles. The van der Waals surface area contributed by atoms with Crippen LogP contribution >= 0.6 is 11.6 Å². The van der Waals surface area contributed by atoms with E-state index in [0.29, 0.717) is 6.42 Å². The van der Waals surface area contributed by atoms with Crippen molar-refractivity contribution in [1.82, 2.24) is 0 Å². The Balaban J connectivity index is 2.14. The lowest BCUT2D eigenvalue weighted by Gasteiger charge is -2.05. The average molecular weight is 243 g/mol. The van der Waals surface area contributed by atoms with Crippen LogP contribution in [0.25, 0.3) is 11.1 Å². The summed E-state index contributed by atoms with van der Waals surface area (Å²) < 4.78 is 0. The third kappa shape index (κ3) is 1.77. The predicted octanol–water partition coefficient (Wildman–Crippen LogP) is 3.57. The second kappa shape index (κ2) is 4.01. The molecule has 0 atom stereocenters. The van der Waals surface area contributed by atoms with Gasteiger partial charge in [0, 0.05) is 6.42 Å². The number of benzene rings is 2. The molecule has 0 unspecified atom stereocenters. The first-order valence-electron chi connectivity index (χ1n) is 5.63. The van der Waals surface area contributed by atoms with E-state index in [4.69, 9.17) is 11.6 Å². The molecule has 0 fully saturated rings. The Hall–Kier alpha value is -1.60. The van der Waals surface area contributed by atoms with Crippen LogP contribution in [0.4, 0.5) is 0 Å². The molecule has 0 N–H and O–H groups in total. The van der Waals surface area contributed by atoms with Crippen LogP contribution in [0.1, 0.15) is 16.7 Å². The lowest BCUT2D eigenvalue weighted by atomic mass is 10.00. The summed E-state index contributed by atoms with van der Waals surface area (Å²) in [5, 5.41) is -0.297. The Morgan fingerprint density at radius 1 is 1.06 bits per heavy atom. The van der Waals surface area contributed by atoms with Gasteiger partial charge in [-0.25, -0.2) is 0 Å². The highest BCUT2D eigenvalue weighted by atomic mass is 35.5. The highest BCUT2D eigenvalue weighted by Crippen LogP contribution is 2.38. The molecule has 0 spiro atoms. The number of rotatable bonds is 2. The second-order valence-electron chi connectivity index (χ2n) is 4.31. The van der Waals surface area contributed by atoms with E-state index in [1.807, 2.05) is 18.2 Å². The largest absolute Gasteiger partial charge is 0.281 e. The third-order valence-corrected chi connectivity index (χ3v) is 3.41. The van der Waals surface area contributed by atoms with Gasteiger partial charge in [-0.05, 0) is 45.8 Å². The third-order valence-electron chi connectivity index (χ3n) is 3.28. The molecular formula is C15H11ClO. The zero-order valence-electron chi connectivity index (χ0n) is 9.24. The standard InChI is InChI=1S/C15H11ClO/c16-15(17)9-11-5-3-7-13-12-6-2-1-4-10(12)8-14(11)13/h1-7H,8-9H2. The highest BCUT2D eigenvalue weighted by Gasteiger charge is 2.20. The summed E-state index contributed by atoms with van der Waals surface area (Å²) in [7, 11) is 0. The number of halogens is 1. The van der Waals surface area contributed by atoms with Crippen LogP contribution in [0, 0.1) is 0 Å². The Kier molecular flexibility index (Phi) is 2.49. The van der Waals surface area contributed by atoms with Crippen LogP contribution < -0.4 is 0 Å². The molecule has 0 amide bonds. The molecule has 2 heteroatoms. The Morgan fingerprint density at radius 3 is 2.65 bits per heavy atom. The zero-order chi connectivity index (χ0) is 11.8. The first-order valence-corrected chi connectivity index (χ1v) is 6.01. The van der Waals surface area contributed by atoms with Crippen molar-refractivity contribution in [1.29, 1.82) is 0 Å². The Labute approximate surface area is 105 Å². The van der Waals surface area contributed by atoms with Gasteiger partial charge in [-0.3, -0.25) is 4.79 Å². The Bertz CT molecular complexity index is 602. The molecule has 0 aromatic heterocycles. The average Bonchev–Trinajstić information content (AvgIpc) is 2.68. The van der Waals surface area contributed by atoms with Crippen LogP contribution in [0.5, 0.6) is 0 Å². The van der Waals surface area contributed by atoms with Gasteiger partial charge in [-0.15, -0.1) is 0 Å². The van der Waals surface area contributed by atoms with E-state index in [1.54, 1.807) is 0 Å². The minimum absolute atomic E-state index is 0.297. The summed E-state index contributed by atoms with van der Waals surface area (Å²) in [4.78, 5) is 11.1. The Morgan fingerprint density at radius 2 is 1.82 bits per heavy atom. The minimum Gasteiger partial charge on any atom is -0.281 e. The number of fused-ring (bicyclic) bond motifs is 3. The fourth-order valence-corrected chi connectivity index (χ4v) is 2.68. The quantitative estimate of drug-likeness (QED) is 0.628. The number of carbonyl (C=O) groups excluding carboxylic acids is 1. The van der Waals surface area contributed by atoms with E-state index in [-0.39, 0.29) is 5.24 Å². The van der Waals surface area contributed by atoms with Crippen LogP contribution in [0.2, 0.25) is 0 Å². The van der Waals surface area contributed by atoms with Crippen molar-refractivity contribution in [2.75, 3.05) is 0 Å². The van der Waals surface area contributed by atoms with Gasteiger partial charge in [-0.1, -0.05) is 42.5 Å². The summed E-state index contributed by atoms with van der Waals surface area (Å²) in [5.74, 6) is 0. The lowest BCUT2D eigenvalue weighted by Crippen LogP contribution is -1.98. The summed E-state index contributed by atoms with van der Waals surface area (Å²) in [6.45, 7) is 0. The van der Waals surface area contributed by atoms with Gasteiger partial charge in [0.05, 0.1) is 0 Å². The maximum absolute atomic E-state index is 11.1. The van der Waals surface area contributed by atoms with Crippen molar-refractivity contribution < 1.29 is 4.79 Å². The number of carbonyl (C=O) groups is 1. The van der Waals surface area contributed by atoms with Gasteiger partial charge in [0.15, 0.2) is 0 Å². The lowest BCUT2D eigenvalue weighted by molar-refractivity contribution is -0.111. The summed E-state index contributed by atoms with van der Waals surface area (Å²) in [6.07, 6.45) is 1.23. The molecule has 0 radical (unpaired) electrons. The molecule has 0 saturated heterocycles. The van der Waals surface area contributed by atoms with E-state index in [2.05, 4.69) is 24.3 Å². The molecule has 2 aromatic rings. The van der Waals surface area contributed by atoms with Crippen molar-refractivity contribution in [2.24, 2.45) is 0 Å². The minimum atomic E-state index is -0.297. The van der Waals surface area contributed by atoms with E-state index in [0.717, 1.165) is 12.0 Å². The molecular weight excluding hydrogens is 232 g/mol. The van der Waals surface area contributed by atoms with Gasteiger partial charge in [-0.2, -0.15) is 0 Å².